The average molecular weight is 288 g/mol. The predicted octanol–water partition coefficient (Wildman–Crippen LogP) is 2.57. The number of amides is 2. The second-order valence-electron chi connectivity index (χ2n) is 6.36. The van der Waals surface area contributed by atoms with Crippen LogP contribution in [0.15, 0.2) is 18.2 Å². The van der Waals surface area contributed by atoms with Gasteiger partial charge in [0.25, 0.3) is 0 Å². The summed E-state index contributed by atoms with van der Waals surface area (Å²) >= 11 is 0. The number of hydrogen-bond donors (Lipinski definition) is 1. The monoisotopic (exact) mass is 288 g/mol. The highest BCUT2D eigenvalue weighted by molar-refractivity contribution is 6.08. The molecule has 4 nitrogen and oxygen atoms in total. The standard InChI is InChI=1S/C17H24N2O2/c1-10(2)8-14-17(21)19(13(5)16(20)18-14)15-7-6-11(3)9-12(15)4/h6-7,9-10,13-14H,8H2,1-5H3,(H,18,20). The third kappa shape index (κ3) is 3.09. The molecule has 1 aromatic carbocycles. The quantitative estimate of drug-likeness (QED) is 0.929. The van der Waals surface area contributed by atoms with E-state index in [1.165, 1.54) is 0 Å². The first kappa shape index (κ1) is 15.5. The smallest absolute Gasteiger partial charge is 0.250 e. The van der Waals surface area contributed by atoms with E-state index < -0.39 is 12.1 Å². The first-order chi connectivity index (χ1) is 9.81. The highest BCUT2D eigenvalue weighted by Gasteiger charge is 2.39. The zero-order valence-electron chi connectivity index (χ0n) is 13.4. The SMILES string of the molecule is Cc1ccc(N2C(=O)C(CC(C)C)NC(=O)C2C)c(C)c1. The van der Waals surface area contributed by atoms with E-state index in [-0.39, 0.29) is 11.8 Å². The van der Waals surface area contributed by atoms with Gasteiger partial charge in [-0.15, -0.1) is 0 Å². The van der Waals surface area contributed by atoms with E-state index in [9.17, 15) is 9.59 Å². The molecule has 1 N–H and O–H groups in total. The Morgan fingerprint density at radius 3 is 2.48 bits per heavy atom. The Bertz CT molecular complexity index is 566. The number of anilines is 1. The van der Waals surface area contributed by atoms with Crippen LogP contribution in [-0.4, -0.2) is 23.9 Å². The Morgan fingerprint density at radius 1 is 1.24 bits per heavy atom. The van der Waals surface area contributed by atoms with Gasteiger partial charge in [0.15, 0.2) is 0 Å². The molecule has 2 rings (SSSR count). The van der Waals surface area contributed by atoms with E-state index in [1.54, 1.807) is 11.8 Å². The molecule has 1 aliphatic rings. The molecule has 2 amide bonds. The lowest BCUT2D eigenvalue weighted by Gasteiger charge is -2.38. The molecule has 21 heavy (non-hydrogen) atoms. The van der Waals surface area contributed by atoms with Crippen LogP contribution in [0.5, 0.6) is 0 Å². The number of nitrogens with one attached hydrogen (secondary N) is 1. The fourth-order valence-corrected chi connectivity index (χ4v) is 2.86. The second-order valence-corrected chi connectivity index (χ2v) is 6.36. The van der Waals surface area contributed by atoms with Crippen molar-refractivity contribution in [3.63, 3.8) is 0 Å². The van der Waals surface area contributed by atoms with Crippen LogP contribution in [0.25, 0.3) is 0 Å². The van der Waals surface area contributed by atoms with Crippen LogP contribution in [0.4, 0.5) is 5.69 Å². The molecule has 4 heteroatoms. The van der Waals surface area contributed by atoms with E-state index in [2.05, 4.69) is 19.2 Å². The Kier molecular flexibility index (Phi) is 4.35. The largest absolute Gasteiger partial charge is 0.342 e. The lowest BCUT2D eigenvalue weighted by atomic mass is 9.97. The molecule has 0 bridgehead atoms. The minimum Gasteiger partial charge on any atom is -0.342 e. The molecule has 0 radical (unpaired) electrons. The van der Waals surface area contributed by atoms with Crippen molar-refractivity contribution < 1.29 is 9.59 Å². The number of benzene rings is 1. The van der Waals surface area contributed by atoms with Crippen LogP contribution in [-0.2, 0) is 9.59 Å². The Hall–Kier alpha value is -1.84. The Balaban J connectivity index is 2.38. The van der Waals surface area contributed by atoms with Gasteiger partial charge in [-0.25, -0.2) is 0 Å². The summed E-state index contributed by atoms with van der Waals surface area (Å²) in [6.07, 6.45) is 0.665. The molecule has 1 heterocycles. The van der Waals surface area contributed by atoms with Gasteiger partial charge < -0.3 is 5.32 Å². The Morgan fingerprint density at radius 2 is 1.90 bits per heavy atom. The third-order valence-corrected chi connectivity index (χ3v) is 3.94. The van der Waals surface area contributed by atoms with Crippen molar-refractivity contribution in [2.75, 3.05) is 4.90 Å². The maximum Gasteiger partial charge on any atom is 0.250 e. The summed E-state index contributed by atoms with van der Waals surface area (Å²) in [7, 11) is 0. The van der Waals surface area contributed by atoms with Crippen LogP contribution < -0.4 is 10.2 Å². The summed E-state index contributed by atoms with van der Waals surface area (Å²) in [6, 6.07) is 5.06. The van der Waals surface area contributed by atoms with Gasteiger partial charge in [-0.05, 0) is 44.7 Å². The predicted molar refractivity (Wildman–Crippen MR) is 84.2 cm³/mol. The lowest BCUT2D eigenvalue weighted by Crippen LogP contribution is -2.63. The topological polar surface area (TPSA) is 49.4 Å². The molecule has 0 aromatic heterocycles. The van der Waals surface area contributed by atoms with Crippen molar-refractivity contribution in [1.82, 2.24) is 5.32 Å². The fourth-order valence-electron chi connectivity index (χ4n) is 2.86. The van der Waals surface area contributed by atoms with E-state index in [4.69, 9.17) is 0 Å². The van der Waals surface area contributed by atoms with Crippen molar-refractivity contribution >= 4 is 17.5 Å². The lowest BCUT2D eigenvalue weighted by molar-refractivity contribution is -0.133. The van der Waals surface area contributed by atoms with E-state index >= 15 is 0 Å². The van der Waals surface area contributed by atoms with Crippen LogP contribution >= 0.6 is 0 Å². The van der Waals surface area contributed by atoms with Crippen molar-refractivity contribution in [2.24, 2.45) is 5.92 Å². The molecule has 2 atom stereocenters. The summed E-state index contributed by atoms with van der Waals surface area (Å²) in [4.78, 5) is 26.6. The summed E-state index contributed by atoms with van der Waals surface area (Å²) in [5.74, 6) is 0.261. The molecule has 1 saturated heterocycles. The fraction of sp³-hybridized carbons (Fsp3) is 0.529. The highest BCUT2D eigenvalue weighted by Crippen LogP contribution is 2.27. The maximum absolute atomic E-state index is 12.8. The third-order valence-electron chi connectivity index (χ3n) is 3.94. The zero-order valence-corrected chi connectivity index (χ0v) is 13.4. The number of carbonyl (C=O) groups is 2. The number of aryl methyl sites for hydroxylation is 2. The van der Waals surface area contributed by atoms with Gasteiger partial charge in [0.05, 0.1) is 0 Å². The van der Waals surface area contributed by atoms with E-state index in [0.29, 0.717) is 12.3 Å². The molecule has 1 aromatic rings. The highest BCUT2D eigenvalue weighted by atomic mass is 16.2. The van der Waals surface area contributed by atoms with Crippen LogP contribution in [0.1, 0.15) is 38.3 Å². The van der Waals surface area contributed by atoms with Gasteiger partial charge in [-0.1, -0.05) is 31.5 Å². The van der Waals surface area contributed by atoms with Crippen molar-refractivity contribution in [2.45, 2.75) is 53.1 Å². The molecule has 0 spiro atoms. The van der Waals surface area contributed by atoms with E-state index in [1.807, 2.05) is 32.0 Å². The van der Waals surface area contributed by atoms with Crippen molar-refractivity contribution in [3.8, 4) is 0 Å². The van der Waals surface area contributed by atoms with Gasteiger partial charge in [0, 0.05) is 5.69 Å². The molecule has 2 unspecified atom stereocenters. The van der Waals surface area contributed by atoms with Gasteiger partial charge in [0.1, 0.15) is 12.1 Å². The number of hydrogen-bond acceptors (Lipinski definition) is 2. The van der Waals surface area contributed by atoms with Gasteiger partial charge in [-0.2, -0.15) is 0 Å². The van der Waals surface area contributed by atoms with E-state index in [0.717, 1.165) is 16.8 Å². The van der Waals surface area contributed by atoms with Crippen LogP contribution in [0.3, 0.4) is 0 Å². The minimum atomic E-state index is -0.470. The van der Waals surface area contributed by atoms with Gasteiger partial charge >= 0.3 is 0 Å². The minimum absolute atomic E-state index is 0.0113. The van der Waals surface area contributed by atoms with Crippen LogP contribution in [0.2, 0.25) is 0 Å². The maximum atomic E-state index is 12.8. The molecular weight excluding hydrogens is 264 g/mol. The van der Waals surface area contributed by atoms with Crippen molar-refractivity contribution in [1.29, 1.82) is 0 Å². The summed E-state index contributed by atoms with van der Waals surface area (Å²) < 4.78 is 0. The molecule has 114 valence electrons. The molecule has 1 aliphatic heterocycles. The molecule has 0 aliphatic carbocycles. The van der Waals surface area contributed by atoms with Crippen LogP contribution in [0, 0.1) is 19.8 Å². The number of nitrogens with zero attached hydrogens (tertiary/aromatic N) is 1. The molecule has 0 saturated carbocycles. The second kappa shape index (κ2) is 5.88. The summed E-state index contributed by atoms with van der Waals surface area (Å²) in [5.41, 5.74) is 3.01. The summed E-state index contributed by atoms with van der Waals surface area (Å²) in [6.45, 7) is 9.88. The zero-order chi connectivity index (χ0) is 15.7. The first-order valence-corrected chi connectivity index (χ1v) is 7.52. The average Bonchev–Trinajstić information content (AvgIpc) is 2.38. The number of rotatable bonds is 3. The number of carbonyl (C=O) groups excluding carboxylic acids is 2. The summed E-state index contributed by atoms with van der Waals surface area (Å²) in [5, 5.41) is 2.85. The Labute approximate surface area is 126 Å². The number of piperazine rings is 1. The molecule has 1 fully saturated rings. The van der Waals surface area contributed by atoms with Gasteiger partial charge in [-0.3, -0.25) is 14.5 Å². The van der Waals surface area contributed by atoms with Gasteiger partial charge in [0.2, 0.25) is 11.8 Å². The first-order valence-electron chi connectivity index (χ1n) is 7.52. The normalized spacial score (nSPS) is 22.7. The van der Waals surface area contributed by atoms with Crippen molar-refractivity contribution in [3.05, 3.63) is 29.3 Å². The molecular formula is C17H24N2O2.